The molecule has 3 aromatic rings. The summed E-state index contributed by atoms with van der Waals surface area (Å²) in [6.45, 7) is 5.61. The van der Waals surface area contributed by atoms with Gasteiger partial charge in [-0.1, -0.05) is 39.7 Å². The second-order valence-electron chi connectivity index (χ2n) is 8.61. The first-order valence-electron chi connectivity index (χ1n) is 12.4. The number of hydrogen-bond donors (Lipinski definition) is 1. The predicted molar refractivity (Wildman–Crippen MR) is 156 cm³/mol. The summed E-state index contributed by atoms with van der Waals surface area (Å²) < 4.78 is 34.9. The number of halogens is 2. The van der Waals surface area contributed by atoms with Gasteiger partial charge >= 0.3 is 0 Å². The van der Waals surface area contributed by atoms with Gasteiger partial charge < -0.3 is 15.0 Å². The van der Waals surface area contributed by atoms with Crippen LogP contribution in [-0.2, 0) is 26.2 Å². The third-order valence-electron chi connectivity index (χ3n) is 5.88. The summed E-state index contributed by atoms with van der Waals surface area (Å²) in [6, 6.07) is 18.7. The van der Waals surface area contributed by atoms with Crippen LogP contribution in [0.25, 0.3) is 0 Å². The Morgan fingerprint density at radius 2 is 1.69 bits per heavy atom. The topological polar surface area (TPSA) is 96.0 Å². The minimum Gasteiger partial charge on any atom is -0.494 e. The van der Waals surface area contributed by atoms with Gasteiger partial charge in [-0.3, -0.25) is 13.9 Å². The van der Waals surface area contributed by atoms with Crippen molar-refractivity contribution in [3.63, 3.8) is 0 Å². The molecule has 0 heterocycles. The smallest absolute Gasteiger partial charge is 0.264 e. The van der Waals surface area contributed by atoms with Crippen LogP contribution in [0.15, 0.2) is 82.2 Å². The second-order valence-corrected chi connectivity index (χ2v) is 11.8. The van der Waals surface area contributed by atoms with E-state index in [-0.39, 0.29) is 23.0 Å². The Morgan fingerprint density at radius 1 is 1.03 bits per heavy atom. The minimum atomic E-state index is -4.16. The quantitative estimate of drug-likeness (QED) is 0.293. The number of carbonyl (C=O) groups excluding carboxylic acids is 2. The van der Waals surface area contributed by atoms with E-state index in [2.05, 4.69) is 21.2 Å². The number of rotatable bonds is 12. The molecule has 0 aliphatic rings. The van der Waals surface area contributed by atoms with Crippen LogP contribution in [-0.4, -0.2) is 50.9 Å². The first-order chi connectivity index (χ1) is 18.6. The highest BCUT2D eigenvalue weighted by Gasteiger charge is 2.32. The molecule has 0 aliphatic carbocycles. The fourth-order valence-electron chi connectivity index (χ4n) is 3.87. The van der Waals surface area contributed by atoms with E-state index in [1.807, 2.05) is 6.92 Å². The largest absolute Gasteiger partial charge is 0.494 e. The average molecular weight is 637 g/mol. The summed E-state index contributed by atoms with van der Waals surface area (Å²) in [4.78, 5) is 28.0. The van der Waals surface area contributed by atoms with Crippen molar-refractivity contribution < 1.29 is 22.7 Å². The lowest BCUT2D eigenvalue weighted by Crippen LogP contribution is -2.51. The molecule has 1 N–H and O–H groups in total. The molecule has 1 atom stereocenters. The van der Waals surface area contributed by atoms with Crippen LogP contribution in [0.5, 0.6) is 5.75 Å². The van der Waals surface area contributed by atoms with Gasteiger partial charge in [0.15, 0.2) is 0 Å². The molecule has 3 aromatic carbocycles. The fourth-order valence-corrected chi connectivity index (χ4v) is 5.77. The second kappa shape index (κ2) is 13.8. The zero-order chi connectivity index (χ0) is 28.6. The molecule has 11 heteroatoms. The molecule has 2 amide bonds. The number of likely N-dealkylation sites (N-methyl/N-ethyl adjacent to an activating group) is 1. The Morgan fingerprint density at radius 3 is 2.28 bits per heavy atom. The van der Waals surface area contributed by atoms with Crippen LogP contribution in [0.3, 0.4) is 0 Å². The zero-order valence-corrected chi connectivity index (χ0v) is 25.1. The minimum absolute atomic E-state index is 0.0190. The number of benzene rings is 3. The summed E-state index contributed by atoms with van der Waals surface area (Å²) in [5.41, 5.74) is 0.985. The molecule has 8 nitrogen and oxygen atoms in total. The van der Waals surface area contributed by atoms with Gasteiger partial charge in [-0.15, -0.1) is 0 Å². The van der Waals surface area contributed by atoms with Crippen molar-refractivity contribution in [1.29, 1.82) is 0 Å². The van der Waals surface area contributed by atoms with E-state index in [9.17, 15) is 18.0 Å². The molecule has 0 aliphatic heterocycles. The van der Waals surface area contributed by atoms with Crippen molar-refractivity contribution in [2.24, 2.45) is 0 Å². The van der Waals surface area contributed by atoms with Gasteiger partial charge in [0.2, 0.25) is 11.8 Å². The number of nitrogens with one attached hydrogen (secondary N) is 1. The molecule has 39 heavy (non-hydrogen) atoms. The molecule has 0 radical (unpaired) electrons. The predicted octanol–water partition coefficient (Wildman–Crippen LogP) is 5.25. The Balaban J connectivity index is 2.03. The molecular weight excluding hydrogens is 606 g/mol. The molecule has 0 saturated heterocycles. The van der Waals surface area contributed by atoms with E-state index in [0.29, 0.717) is 34.0 Å². The maximum Gasteiger partial charge on any atom is 0.264 e. The Bertz CT molecular complexity index is 1390. The lowest BCUT2D eigenvalue weighted by Gasteiger charge is -2.32. The van der Waals surface area contributed by atoms with Crippen molar-refractivity contribution >= 4 is 55.1 Å². The van der Waals surface area contributed by atoms with Crippen molar-refractivity contribution in [1.82, 2.24) is 10.2 Å². The normalized spacial score (nSPS) is 11.9. The molecule has 0 saturated carbocycles. The van der Waals surface area contributed by atoms with Gasteiger partial charge in [-0.2, -0.15) is 0 Å². The lowest BCUT2D eigenvalue weighted by atomic mass is 10.1. The van der Waals surface area contributed by atoms with Gasteiger partial charge in [0.1, 0.15) is 18.3 Å². The van der Waals surface area contributed by atoms with E-state index in [1.165, 1.54) is 17.0 Å². The number of nitrogens with zero attached hydrogens (tertiary/aromatic N) is 2. The Kier molecular flexibility index (Phi) is 10.8. The molecule has 0 aromatic heterocycles. The standard InChI is InChI=1S/C28H31BrClN3O5S/c1-4-31-28(35)20(3)32(18-21-7-6-8-23(30)17-21)27(34)19-33(24-11-13-25(14-12-24)38-5-2)39(36,37)26-15-9-22(29)10-16-26/h6-17,20H,4-5,18-19H2,1-3H3,(H,31,35)/t20-/m1/s1. The van der Waals surface area contributed by atoms with Crippen LogP contribution in [0.1, 0.15) is 26.3 Å². The van der Waals surface area contributed by atoms with Crippen LogP contribution in [0.4, 0.5) is 5.69 Å². The summed E-state index contributed by atoms with van der Waals surface area (Å²) in [7, 11) is -4.16. The van der Waals surface area contributed by atoms with Crippen LogP contribution >= 0.6 is 27.5 Å². The number of sulfonamides is 1. The van der Waals surface area contributed by atoms with Crippen LogP contribution < -0.4 is 14.4 Å². The summed E-state index contributed by atoms with van der Waals surface area (Å²) in [5.74, 6) is -0.333. The van der Waals surface area contributed by atoms with Gasteiger partial charge in [0.25, 0.3) is 10.0 Å². The first-order valence-corrected chi connectivity index (χ1v) is 15.0. The van der Waals surface area contributed by atoms with E-state index in [0.717, 1.165) is 4.31 Å². The number of hydrogen-bond acceptors (Lipinski definition) is 5. The molecule has 3 rings (SSSR count). The number of ether oxygens (including phenoxy) is 1. The van der Waals surface area contributed by atoms with Crippen LogP contribution in [0.2, 0.25) is 5.02 Å². The van der Waals surface area contributed by atoms with Crippen LogP contribution in [0, 0.1) is 0 Å². The maximum absolute atomic E-state index is 13.8. The van der Waals surface area contributed by atoms with E-state index in [1.54, 1.807) is 74.5 Å². The van der Waals surface area contributed by atoms with Crippen molar-refractivity contribution in [2.75, 3.05) is 24.0 Å². The van der Waals surface area contributed by atoms with E-state index in [4.69, 9.17) is 16.3 Å². The van der Waals surface area contributed by atoms with Crippen molar-refractivity contribution in [2.45, 2.75) is 38.3 Å². The summed E-state index contributed by atoms with van der Waals surface area (Å²) >= 11 is 9.48. The van der Waals surface area contributed by atoms with E-state index >= 15 is 0 Å². The average Bonchev–Trinajstić information content (AvgIpc) is 2.91. The molecule has 0 spiro atoms. The third-order valence-corrected chi connectivity index (χ3v) is 8.43. The summed E-state index contributed by atoms with van der Waals surface area (Å²) in [6.07, 6.45) is 0. The lowest BCUT2D eigenvalue weighted by molar-refractivity contribution is -0.139. The number of amides is 2. The SMILES string of the molecule is CCNC(=O)[C@@H](C)N(Cc1cccc(Cl)c1)C(=O)CN(c1ccc(OCC)cc1)S(=O)(=O)c1ccc(Br)cc1. The Hall–Kier alpha value is -3.08. The maximum atomic E-state index is 13.8. The van der Waals surface area contributed by atoms with E-state index < -0.39 is 28.5 Å². The molecule has 208 valence electrons. The monoisotopic (exact) mass is 635 g/mol. The highest BCUT2D eigenvalue weighted by atomic mass is 79.9. The Labute approximate surface area is 243 Å². The molecular formula is C28H31BrClN3O5S. The number of carbonyl (C=O) groups is 2. The van der Waals surface area contributed by atoms with Crippen molar-refractivity contribution in [3.8, 4) is 5.75 Å². The summed E-state index contributed by atoms with van der Waals surface area (Å²) in [5, 5.41) is 3.22. The van der Waals surface area contributed by atoms with Gasteiger partial charge in [-0.05, 0) is 87.0 Å². The van der Waals surface area contributed by atoms with Gasteiger partial charge in [0, 0.05) is 22.6 Å². The fraction of sp³-hybridized carbons (Fsp3) is 0.286. The molecule has 0 fully saturated rings. The molecule has 0 bridgehead atoms. The first kappa shape index (κ1) is 30.5. The number of anilines is 1. The highest BCUT2D eigenvalue weighted by Crippen LogP contribution is 2.27. The van der Waals surface area contributed by atoms with Crippen molar-refractivity contribution in [3.05, 3.63) is 87.9 Å². The zero-order valence-electron chi connectivity index (χ0n) is 21.9. The molecule has 0 unspecified atom stereocenters. The highest BCUT2D eigenvalue weighted by molar-refractivity contribution is 9.10. The van der Waals surface area contributed by atoms with Gasteiger partial charge in [-0.25, -0.2) is 8.42 Å². The third kappa shape index (κ3) is 7.97. The van der Waals surface area contributed by atoms with Gasteiger partial charge in [0.05, 0.1) is 17.2 Å².